The van der Waals surface area contributed by atoms with Gasteiger partial charge in [-0.25, -0.2) is 4.98 Å². The maximum atomic E-state index is 6.10. The Hall–Kier alpha value is -0.810. The van der Waals surface area contributed by atoms with Crippen LogP contribution in [-0.2, 0) is 6.42 Å². The molecular weight excluding hydrogens is 291 g/mol. The summed E-state index contributed by atoms with van der Waals surface area (Å²) in [5.74, 6) is 0.589. The van der Waals surface area contributed by atoms with Crippen LogP contribution in [0.1, 0.15) is 5.01 Å². The van der Waals surface area contributed by atoms with E-state index in [-0.39, 0.29) is 0 Å². The molecule has 96 valence electrons. The first-order valence-corrected chi connectivity index (χ1v) is 6.97. The SMILES string of the molecule is COc1c(Cl)cc(Cl)cc1-c1csc(CCN)n1. The van der Waals surface area contributed by atoms with Gasteiger partial charge in [0.1, 0.15) is 5.75 Å². The van der Waals surface area contributed by atoms with Crippen molar-refractivity contribution in [3.8, 4) is 17.0 Å². The molecule has 1 aromatic heterocycles. The van der Waals surface area contributed by atoms with E-state index < -0.39 is 0 Å². The number of rotatable bonds is 4. The smallest absolute Gasteiger partial charge is 0.146 e. The van der Waals surface area contributed by atoms with Crippen LogP contribution in [0.4, 0.5) is 0 Å². The van der Waals surface area contributed by atoms with E-state index in [2.05, 4.69) is 4.98 Å². The summed E-state index contributed by atoms with van der Waals surface area (Å²) in [4.78, 5) is 4.50. The molecular formula is C12H12Cl2N2OS. The fourth-order valence-corrected chi connectivity index (χ4v) is 3.02. The van der Waals surface area contributed by atoms with Gasteiger partial charge in [-0.05, 0) is 18.7 Å². The molecule has 0 saturated heterocycles. The van der Waals surface area contributed by atoms with Crippen molar-refractivity contribution in [2.24, 2.45) is 5.73 Å². The predicted octanol–water partition coefficient (Wildman–Crippen LogP) is 3.63. The summed E-state index contributed by atoms with van der Waals surface area (Å²) >= 11 is 13.7. The Labute approximate surface area is 120 Å². The van der Waals surface area contributed by atoms with Gasteiger partial charge in [0, 0.05) is 22.4 Å². The van der Waals surface area contributed by atoms with Gasteiger partial charge in [0.25, 0.3) is 0 Å². The van der Waals surface area contributed by atoms with Crippen LogP contribution in [0.15, 0.2) is 17.5 Å². The third-order valence-corrected chi connectivity index (χ3v) is 3.81. The van der Waals surface area contributed by atoms with Gasteiger partial charge in [-0.15, -0.1) is 11.3 Å². The van der Waals surface area contributed by atoms with Gasteiger partial charge in [0.2, 0.25) is 0 Å². The zero-order valence-corrected chi connectivity index (χ0v) is 12.1. The molecule has 0 fully saturated rings. The van der Waals surface area contributed by atoms with Crippen LogP contribution in [0.25, 0.3) is 11.3 Å². The average Bonchev–Trinajstić information content (AvgIpc) is 2.77. The monoisotopic (exact) mass is 302 g/mol. The molecule has 1 heterocycles. The van der Waals surface area contributed by atoms with Crippen molar-refractivity contribution in [2.45, 2.75) is 6.42 Å². The van der Waals surface area contributed by atoms with Crippen LogP contribution in [-0.4, -0.2) is 18.6 Å². The Morgan fingerprint density at radius 1 is 1.39 bits per heavy atom. The Bertz CT molecular complexity index is 557. The molecule has 6 heteroatoms. The number of methoxy groups -OCH3 is 1. The number of thiazole rings is 1. The number of aromatic nitrogens is 1. The summed E-state index contributed by atoms with van der Waals surface area (Å²) in [5, 5.41) is 3.98. The topological polar surface area (TPSA) is 48.1 Å². The van der Waals surface area contributed by atoms with Crippen LogP contribution in [0.2, 0.25) is 10.0 Å². The molecule has 0 aliphatic rings. The van der Waals surface area contributed by atoms with Crippen molar-refractivity contribution in [1.29, 1.82) is 0 Å². The number of hydrogen-bond acceptors (Lipinski definition) is 4. The maximum absolute atomic E-state index is 6.10. The minimum atomic E-state index is 0.480. The number of benzene rings is 1. The minimum absolute atomic E-state index is 0.480. The normalized spacial score (nSPS) is 10.7. The van der Waals surface area contributed by atoms with E-state index in [4.69, 9.17) is 33.7 Å². The van der Waals surface area contributed by atoms with E-state index in [1.54, 1.807) is 30.6 Å². The van der Waals surface area contributed by atoms with Gasteiger partial charge >= 0.3 is 0 Å². The van der Waals surface area contributed by atoms with E-state index in [0.717, 1.165) is 22.7 Å². The molecule has 3 nitrogen and oxygen atoms in total. The maximum Gasteiger partial charge on any atom is 0.146 e. The van der Waals surface area contributed by atoms with E-state index in [0.29, 0.717) is 22.3 Å². The fourth-order valence-electron chi connectivity index (χ4n) is 1.63. The zero-order valence-electron chi connectivity index (χ0n) is 9.74. The third-order valence-electron chi connectivity index (χ3n) is 2.40. The molecule has 0 amide bonds. The Morgan fingerprint density at radius 3 is 2.83 bits per heavy atom. The largest absolute Gasteiger partial charge is 0.494 e. The van der Waals surface area contributed by atoms with Crippen molar-refractivity contribution in [3.63, 3.8) is 0 Å². The van der Waals surface area contributed by atoms with Crippen molar-refractivity contribution in [1.82, 2.24) is 4.98 Å². The van der Waals surface area contributed by atoms with Gasteiger partial charge in [0.15, 0.2) is 0 Å². The number of nitrogens with two attached hydrogens (primary N) is 1. The van der Waals surface area contributed by atoms with Gasteiger partial charge in [-0.1, -0.05) is 23.2 Å². The lowest BCUT2D eigenvalue weighted by Crippen LogP contribution is -2.02. The second kappa shape index (κ2) is 5.89. The lowest BCUT2D eigenvalue weighted by Gasteiger charge is -2.09. The highest BCUT2D eigenvalue weighted by molar-refractivity contribution is 7.09. The summed E-state index contributed by atoms with van der Waals surface area (Å²) in [5.41, 5.74) is 7.12. The zero-order chi connectivity index (χ0) is 13.1. The first-order valence-electron chi connectivity index (χ1n) is 5.33. The summed E-state index contributed by atoms with van der Waals surface area (Å²) in [6, 6.07) is 3.45. The van der Waals surface area contributed by atoms with Crippen molar-refractivity contribution in [2.75, 3.05) is 13.7 Å². The van der Waals surface area contributed by atoms with Crippen LogP contribution in [0, 0.1) is 0 Å². The summed E-state index contributed by atoms with van der Waals surface area (Å²) in [7, 11) is 1.58. The average molecular weight is 303 g/mol. The molecule has 2 aromatic rings. The summed E-state index contributed by atoms with van der Waals surface area (Å²) in [6.07, 6.45) is 0.765. The molecule has 2 rings (SSSR count). The van der Waals surface area contributed by atoms with Crippen molar-refractivity contribution >= 4 is 34.5 Å². The standard InChI is InChI=1S/C12H12Cl2N2OS/c1-17-12-8(4-7(13)5-9(12)14)10-6-18-11(16-10)2-3-15/h4-6H,2-3,15H2,1H3. The van der Waals surface area contributed by atoms with Crippen LogP contribution in [0.5, 0.6) is 5.75 Å². The molecule has 0 unspecified atom stereocenters. The highest BCUT2D eigenvalue weighted by Crippen LogP contribution is 2.38. The molecule has 2 N–H and O–H groups in total. The third kappa shape index (κ3) is 2.78. The Kier molecular flexibility index (Phi) is 4.45. The molecule has 0 aliphatic heterocycles. The van der Waals surface area contributed by atoms with E-state index in [1.807, 2.05) is 5.38 Å². The van der Waals surface area contributed by atoms with Gasteiger partial charge in [-0.3, -0.25) is 0 Å². The highest BCUT2D eigenvalue weighted by Gasteiger charge is 2.14. The van der Waals surface area contributed by atoms with Gasteiger partial charge in [-0.2, -0.15) is 0 Å². The molecule has 0 aliphatic carbocycles. The summed E-state index contributed by atoms with van der Waals surface area (Å²) in [6.45, 7) is 0.584. The first kappa shape index (κ1) is 13.6. The molecule has 0 saturated carbocycles. The molecule has 18 heavy (non-hydrogen) atoms. The molecule has 0 radical (unpaired) electrons. The molecule has 1 aromatic carbocycles. The number of ether oxygens (including phenoxy) is 1. The molecule has 0 spiro atoms. The number of hydrogen-bond donors (Lipinski definition) is 1. The van der Waals surface area contributed by atoms with Gasteiger partial charge in [0.05, 0.1) is 22.8 Å². The van der Waals surface area contributed by atoms with Crippen LogP contribution >= 0.6 is 34.5 Å². The predicted molar refractivity (Wildman–Crippen MR) is 76.9 cm³/mol. The van der Waals surface area contributed by atoms with Crippen molar-refractivity contribution < 1.29 is 4.74 Å². The number of halogens is 2. The second-order valence-electron chi connectivity index (χ2n) is 3.63. The van der Waals surface area contributed by atoms with E-state index >= 15 is 0 Å². The highest BCUT2D eigenvalue weighted by atomic mass is 35.5. The quantitative estimate of drug-likeness (QED) is 0.938. The number of nitrogens with zero attached hydrogens (tertiary/aromatic N) is 1. The Morgan fingerprint density at radius 2 is 2.17 bits per heavy atom. The van der Waals surface area contributed by atoms with Crippen LogP contribution in [0.3, 0.4) is 0 Å². The minimum Gasteiger partial charge on any atom is -0.494 e. The lowest BCUT2D eigenvalue weighted by molar-refractivity contribution is 0.416. The van der Waals surface area contributed by atoms with E-state index in [1.165, 1.54) is 0 Å². The first-order chi connectivity index (χ1) is 8.65. The van der Waals surface area contributed by atoms with Crippen LogP contribution < -0.4 is 10.5 Å². The van der Waals surface area contributed by atoms with Crippen molar-refractivity contribution in [3.05, 3.63) is 32.6 Å². The fraction of sp³-hybridized carbons (Fsp3) is 0.250. The van der Waals surface area contributed by atoms with E-state index in [9.17, 15) is 0 Å². The van der Waals surface area contributed by atoms with Gasteiger partial charge < -0.3 is 10.5 Å². The Balaban J connectivity index is 2.48. The summed E-state index contributed by atoms with van der Waals surface area (Å²) < 4.78 is 5.30. The lowest BCUT2D eigenvalue weighted by atomic mass is 10.1. The molecule has 0 atom stereocenters. The molecule has 0 bridgehead atoms. The second-order valence-corrected chi connectivity index (χ2v) is 5.42.